The summed E-state index contributed by atoms with van der Waals surface area (Å²) in [5.41, 5.74) is 4.06. The van der Waals surface area contributed by atoms with Crippen LogP contribution in [0.2, 0.25) is 0 Å². The van der Waals surface area contributed by atoms with E-state index in [0.29, 0.717) is 12.1 Å². The number of hydrogen-bond acceptors (Lipinski definition) is 4. The molecule has 3 aromatic rings. The van der Waals surface area contributed by atoms with Gasteiger partial charge in [0, 0.05) is 30.3 Å². The van der Waals surface area contributed by atoms with E-state index in [1.165, 1.54) is 24.2 Å². The molecule has 140 valence electrons. The summed E-state index contributed by atoms with van der Waals surface area (Å²) in [5, 5.41) is 2.78. The van der Waals surface area contributed by atoms with E-state index in [4.69, 9.17) is 0 Å². The molecule has 0 saturated heterocycles. The van der Waals surface area contributed by atoms with Crippen LogP contribution in [-0.4, -0.2) is 28.3 Å². The van der Waals surface area contributed by atoms with E-state index in [0.717, 1.165) is 30.6 Å². The monoisotopic (exact) mass is 372 g/mol. The van der Waals surface area contributed by atoms with Crippen molar-refractivity contribution < 1.29 is 9.59 Å². The van der Waals surface area contributed by atoms with E-state index in [-0.39, 0.29) is 17.5 Å². The molecule has 0 unspecified atom stereocenters. The first kappa shape index (κ1) is 17.9. The first-order valence-corrected chi connectivity index (χ1v) is 9.25. The van der Waals surface area contributed by atoms with Crippen LogP contribution < -0.4 is 10.2 Å². The molecule has 0 atom stereocenters. The molecule has 1 N–H and O–H groups in total. The maximum absolute atomic E-state index is 12.8. The molecule has 1 aliphatic rings. The molecule has 4 rings (SSSR count). The fourth-order valence-corrected chi connectivity index (χ4v) is 3.38. The van der Waals surface area contributed by atoms with Crippen LogP contribution in [-0.2, 0) is 17.6 Å². The van der Waals surface area contributed by atoms with Gasteiger partial charge >= 0.3 is 0 Å². The molecule has 1 aliphatic heterocycles. The number of carbonyl (C=O) groups excluding carboxylic acids is 2. The summed E-state index contributed by atoms with van der Waals surface area (Å²) in [6.45, 7) is 0.752. The number of anilines is 2. The SMILES string of the molecule is O=C(Nc1ccc(CC(=O)N2CCCc3ccccc32)cc1)c1cnccn1. The summed E-state index contributed by atoms with van der Waals surface area (Å²) in [5.74, 6) is -0.231. The maximum Gasteiger partial charge on any atom is 0.275 e. The van der Waals surface area contributed by atoms with E-state index in [1.807, 2.05) is 35.2 Å². The number of benzene rings is 2. The molecule has 0 radical (unpaired) electrons. The number of fused-ring (bicyclic) bond motifs is 1. The second-order valence-electron chi connectivity index (χ2n) is 6.70. The zero-order valence-corrected chi connectivity index (χ0v) is 15.3. The van der Waals surface area contributed by atoms with Crippen LogP contribution in [0.15, 0.2) is 67.1 Å². The Morgan fingerprint density at radius 2 is 1.86 bits per heavy atom. The van der Waals surface area contributed by atoms with Gasteiger partial charge in [0.25, 0.3) is 5.91 Å². The molecular weight excluding hydrogens is 352 g/mol. The van der Waals surface area contributed by atoms with Gasteiger partial charge in [-0.1, -0.05) is 30.3 Å². The topological polar surface area (TPSA) is 75.2 Å². The van der Waals surface area contributed by atoms with Crippen LogP contribution in [0.1, 0.15) is 28.0 Å². The van der Waals surface area contributed by atoms with Crippen molar-refractivity contribution in [1.29, 1.82) is 0 Å². The van der Waals surface area contributed by atoms with Crippen molar-refractivity contribution in [3.05, 3.63) is 83.9 Å². The van der Waals surface area contributed by atoms with Crippen LogP contribution in [0.5, 0.6) is 0 Å². The maximum atomic E-state index is 12.8. The predicted molar refractivity (Wildman–Crippen MR) is 107 cm³/mol. The van der Waals surface area contributed by atoms with Gasteiger partial charge < -0.3 is 10.2 Å². The molecule has 0 fully saturated rings. The lowest BCUT2D eigenvalue weighted by Gasteiger charge is -2.29. The van der Waals surface area contributed by atoms with E-state index in [9.17, 15) is 9.59 Å². The highest BCUT2D eigenvalue weighted by atomic mass is 16.2. The third-order valence-corrected chi connectivity index (χ3v) is 4.77. The van der Waals surface area contributed by atoms with Gasteiger partial charge in [-0.25, -0.2) is 4.98 Å². The number of amides is 2. The summed E-state index contributed by atoms with van der Waals surface area (Å²) in [6, 6.07) is 15.4. The minimum Gasteiger partial charge on any atom is -0.321 e. The van der Waals surface area contributed by atoms with Gasteiger partial charge in [0.05, 0.1) is 12.6 Å². The lowest BCUT2D eigenvalue weighted by Crippen LogP contribution is -2.36. The molecule has 2 heterocycles. The number of carbonyl (C=O) groups is 2. The lowest BCUT2D eigenvalue weighted by atomic mass is 10.0. The summed E-state index contributed by atoms with van der Waals surface area (Å²) >= 11 is 0. The van der Waals surface area contributed by atoms with Gasteiger partial charge in [-0.2, -0.15) is 0 Å². The summed E-state index contributed by atoms with van der Waals surface area (Å²) in [4.78, 5) is 34.7. The molecule has 0 saturated carbocycles. The van der Waals surface area contributed by atoms with Crippen molar-refractivity contribution in [3.8, 4) is 0 Å². The largest absolute Gasteiger partial charge is 0.321 e. The Labute approximate surface area is 163 Å². The normalized spacial score (nSPS) is 12.9. The Morgan fingerprint density at radius 1 is 1.04 bits per heavy atom. The van der Waals surface area contributed by atoms with Crippen molar-refractivity contribution in [3.63, 3.8) is 0 Å². The minimum atomic E-state index is -0.318. The third-order valence-electron chi connectivity index (χ3n) is 4.77. The molecule has 0 bridgehead atoms. The minimum absolute atomic E-state index is 0.0866. The van der Waals surface area contributed by atoms with E-state index in [2.05, 4.69) is 21.4 Å². The second-order valence-corrected chi connectivity index (χ2v) is 6.70. The Kier molecular flexibility index (Phi) is 5.10. The highest BCUT2D eigenvalue weighted by Crippen LogP contribution is 2.27. The van der Waals surface area contributed by atoms with E-state index in [1.54, 1.807) is 12.1 Å². The van der Waals surface area contributed by atoms with Crippen LogP contribution in [0, 0.1) is 0 Å². The highest BCUT2D eigenvalue weighted by Gasteiger charge is 2.22. The fourth-order valence-electron chi connectivity index (χ4n) is 3.38. The number of hydrogen-bond donors (Lipinski definition) is 1. The second kappa shape index (κ2) is 8.00. The number of aryl methyl sites for hydroxylation is 1. The van der Waals surface area contributed by atoms with Crippen molar-refractivity contribution in [2.75, 3.05) is 16.8 Å². The smallest absolute Gasteiger partial charge is 0.275 e. The van der Waals surface area contributed by atoms with Crippen molar-refractivity contribution in [2.24, 2.45) is 0 Å². The molecule has 28 heavy (non-hydrogen) atoms. The standard InChI is InChI=1S/C22H20N4O2/c27-21(26-13-3-5-17-4-1-2-6-20(17)26)14-16-7-9-18(10-8-16)25-22(28)19-15-23-11-12-24-19/h1-2,4,6-12,15H,3,5,13-14H2,(H,25,28). The number of rotatable bonds is 4. The molecular formula is C22H20N4O2. The first-order valence-electron chi connectivity index (χ1n) is 9.25. The molecule has 6 nitrogen and oxygen atoms in total. The van der Waals surface area contributed by atoms with E-state index < -0.39 is 0 Å². The van der Waals surface area contributed by atoms with Crippen molar-refractivity contribution in [1.82, 2.24) is 9.97 Å². The Hall–Kier alpha value is -3.54. The number of nitrogens with one attached hydrogen (secondary N) is 1. The summed E-state index contributed by atoms with van der Waals surface area (Å²) < 4.78 is 0. The highest BCUT2D eigenvalue weighted by molar-refractivity contribution is 6.02. The van der Waals surface area contributed by atoms with Gasteiger partial charge in [0.1, 0.15) is 5.69 Å². The average molecular weight is 372 g/mol. The van der Waals surface area contributed by atoms with Gasteiger partial charge in [0.15, 0.2) is 0 Å². The molecule has 0 aliphatic carbocycles. The average Bonchev–Trinajstić information content (AvgIpc) is 2.75. The van der Waals surface area contributed by atoms with E-state index >= 15 is 0 Å². The quantitative estimate of drug-likeness (QED) is 0.763. The predicted octanol–water partition coefficient (Wildman–Crippen LogP) is 3.25. The number of para-hydroxylation sites is 1. The number of aromatic nitrogens is 2. The first-order chi connectivity index (χ1) is 13.7. The molecule has 6 heteroatoms. The van der Waals surface area contributed by atoms with Crippen LogP contribution in [0.3, 0.4) is 0 Å². The van der Waals surface area contributed by atoms with Crippen LogP contribution in [0.4, 0.5) is 11.4 Å². The van der Waals surface area contributed by atoms with Gasteiger partial charge in [-0.3, -0.25) is 14.6 Å². The van der Waals surface area contributed by atoms with Gasteiger partial charge in [-0.15, -0.1) is 0 Å². The van der Waals surface area contributed by atoms with Gasteiger partial charge in [0.2, 0.25) is 5.91 Å². The van der Waals surface area contributed by atoms with Crippen molar-refractivity contribution in [2.45, 2.75) is 19.3 Å². The van der Waals surface area contributed by atoms with Crippen molar-refractivity contribution >= 4 is 23.2 Å². The zero-order chi connectivity index (χ0) is 19.3. The fraction of sp³-hybridized carbons (Fsp3) is 0.182. The third kappa shape index (κ3) is 3.91. The summed E-state index contributed by atoms with van der Waals surface area (Å²) in [7, 11) is 0. The lowest BCUT2D eigenvalue weighted by molar-refractivity contribution is -0.118. The summed E-state index contributed by atoms with van der Waals surface area (Å²) in [6.07, 6.45) is 6.73. The Morgan fingerprint density at radius 3 is 2.64 bits per heavy atom. The molecule has 2 aromatic carbocycles. The Bertz CT molecular complexity index is 987. The van der Waals surface area contributed by atoms with Crippen LogP contribution >= 0.6 is 0 Å². The molecule has 2 amide bonds. The zero-order valence-electron chi connectivity index (χ0n) is 15.3. The molecule has 1 aromatic heterocycles. The number of nitrogens with zero attached hydrogens (tertiary/aromatic N) is 3. The van der Waals surface area contributed by atoms with Crippen LogP contribution in [0.25, 0.3) is 0 Å². The Balaban J connectivity index is 1.41. The molecule has 0 spiro atoms. The van der Waals surface area contributed by atoms with Gasteiger partial charge in [-0.05, 0) is 42.2 Å².